The van der Waals surface area contributed by atoms with E-state index in [4.69, 9.17) is 4.74 Å². The number of ether oxygens (including phenoxy) is 1. The van der Waals surface area contributed by atoms with Gasteiger partial charge in [-0.2, -0.15) is 0 Å². The standard InChI is InChI=1S/C15H17N3O5/c19-12-7-17(5-6-23-9-12)14(21)10-1-3-11(4-2-10)18-8-13(20)16-15(18)22/h1-4,12,19H,5-9H2,(H,16,20,22)/t12-/m0/s1. The maximum Gasteiger partial charge on any atom is 0.329 e. The summed E-state index contributed by atoms with van der Waals surface area (Å²) in [7, 11) is 0. The lowest BCUT2D eigenvalue weighted by Gasteiger charge is -2.21. The molecule has 0 spiro atoms. The number of hydrogen-bond acceptors (Lipinski definition) is 5. The van der Waals surface area contributed by atoms with Crippen molar-refractivity contribution in [3.05, 3.63) is 29.8 Å². The van der Waals surface area contributed by atoms with Crippen molar-refractivity contribution in [3.63, 3.8) is 0 Å². The normalized spacial score (nSPS) is 22.0. The Kier molecular flexibility index (Phi) is 4.26. The molecule has 0 bridgehead atoms. The molecule has 2 aliphatic heterocycles. The number of carbonyl (C=O) groups excluding carboxylic acids is 3. The lowest BCUT2D eigenvalue weighted by molar-refractivity contribution is -0.117. The summed E-state index contributed by atoms with van der Waals surface area (Å²) in [6, 6.07) is 5.98. The van der Waals surface area contributed by atoms with Crippen molar-refractivity contribution in [1.29, 1.82) is 0 Å². The third-order valence-electron chi connectivity index (χ3n) is 3.75. The first-order valence-corrected chi connectivity index (χ1v) is 7.31. The van der Waals surface area contributed by atoms with E-state index in [-0.39, 0.29) is 31.5 Å². The number of β-amino-alcohol motifs (C(OH)–C–C–N with tert-alkyl or cyclic N) is 1. The van der Waals surface area contributed by atoms with Gasteiger partial charge in [-0.3, -0.25) is 19.8 Å². The van der Waals surface area contributed by atoms with Crippen LogP contribution in [0, 0.1) is 0 Å². The van der Waals surface area contributed by atoms with Crippen LogP contribution in [0.4, 0.5) is 10.5 Å². The highest BCUT2D eigenvalue weighted by atomic mass is 16.5. The van der Waals surface area contributed by atoms with Gasteiger partial charge in [0.05, 0.1) is 19.3 Å². The molecule has 2 heterocycles. The highest BCUT2D eigenvalue weighted by molar-refractivity contribution is 6.12. The van der Waals surface area contributed by atoms with Crippen LogP contribution in [0.5, 0.6) is 0 Å². The molecule has 2 fully saturated rings. The highest BCUT2D eigenvalue weighted by Gasteiger charge is 2.28. The van der Waals surface area contributed by atoms with E-state index in [0.29, 0.717) is 24.4 Å². The molecule has 4 amide bonds. The molecular weight excluding hydrogens is 302 g/mol. The van der Waals surface area contributed by atoms with Crippen LogP contribution in [0.25, 0.3) is 0 Å². The third-order valence-corrected chi connectivity index (χ3v) is 3.75. The maximum atomic E-state index is 12.5. The molecule has 1 atom stereocenters. The largest absolute Gasteiger partial charge is 0.389 e. The van der Waals surface area contributed by atoms with Crippen molar-refractivity contribution in [1.82, 2.24) is 10.2 Å². The molecule has 0 unspecified atom stereocenters. The molecule has 0 radical (unpaired) electrons. The number of nitrogens with one attached hydrogen (secondary N) is 1. The molecule has 0 aromatic heterocycles. The summed E-state index contributed by atoms with van der Waals surface area (Å²) in [5.41, 5.74) is 0.998. The van der Waals surface area contributed by atoms with E-state index in [0.717, 1.165) is 0 Å². The molecule has 122 valence electrons. The van der Waals surface area contributed by atoms with Crippen molar-refractivity contribution in [2.75, 3.05) is 37.7 Å². The Hall–Kier alpha value is -2.45. The van der Waals surface area contributed by atoms with Crippen molar-refractivity contribution in [2.24, 2.45) is 0 Å². The van der Waals surface area contributed by atoms with Crippen molar-refractivity contribution < 1.29 is 24.2 Å². The molecule has 23 heavy (non-hydrogen) atoms. The van der Waals surface area contributed by atoms with Crippen LogP contribution in [0.15, 0.2) is 24.3 Å². The first-order chi connectivity index (χ1) is 11.0. The predicted octanol–water partition coefficient (Wildman–Crippen LogP) is -0.424. The van der Waals surface area contributed by atoms with Gasteiger partial charge in [-0.05, 0) is 24.3 Å². The van der Waals surface area contributed by atoms with Gasteiger partial charge < -0.3 is 14.7 Å². The van der Waals surface area contributed by atoms with Gasteiger partial charge in [0.2, 0.25) is 5.91 Å². The minimum absolute atomic E-state index is 0.0260. The van der Waals surface area contributed by atoms with Gasteiger partial charge in [0.25, 0.3) is 5.91 Å². The number of imide groups is 1. The molecule has 3 rings (SSSR count). The van der Waals surface area contributed by atoms with Gasteiger partial charge in [0.1, 0.15) is 6.54 Å². The topological polar surface area (TPSA) is 99.2 Å². The third kappa shape index (κ3) is 3.33. The van der Waals surface area contributed by atoms with Crippen molar-refractivity contribution in [2.45, 2.75) is 6.10 Å². The van der Waals surface area contributed by atoms with Crippen LogP contribution >= 0.6 is 0 Å². The van der Waals surface area contributed by atoms with Crippen molar-refractivity contribution >= 4 is 23.5 Å². The summed E-state index contributed by atoms with van der Waals surface area (Å²) >= 11 is 0. The van der Waals surface area contributed by atoms with E-state index in [1.54, 1.807) is 29.2 Å². The summed E-state index contributed by atoms with van der Waals surface area (Å²) < 4.78 is 5.20. The monoisotopic (exact) mass is 319 g/mol. The first-order valence-electron chi connectivity index (χ1n) is 7.31. The molecule has 2 aliphatic rings. The number of hydrogen-bond donors (Lipinski definition) is 2. The quantitative estimate of drug-likeness (QED) is 0.721. The molecule has 2 N–H and O–H groups in total. The number of rotatable bonds is 2. The zero-order valence-corrected chi connectivity index (χ0v) is 12.4. The number of amides is 4. The Labute approximate surface area is 132 Å². The minimum atomic E-state index is -0.694. The molecule has 2 saturated heterocycles. The number of carbonyl (C=O) groups is 3. The van der Waals surface area contributed by atoms with Crippen LogP contribution in [0.2, 0.25) is 0 Å². The number of anilines is 1. The summed E-state index contributed by atoms with van der Waals surface area (Å²) in [5, 5.41) is 11.9. The van der Waals surface area contributed by atoms with E-state index in [2.05, 4.69) is 5.32 Å². The SMILES string of the molecule is O=C1CN(c2ccc(C(=O)N3CCOC[C@@H](O)C3)cc2)C(=O)N1. The average Bonchev–Trinajstić information content (AvgIpc) is 2.73. The van der Waals surface area contributed by atoms with Gasteiger partial charge in [0.15, 0.2) is 0 Å². The second kappa shape index (κ2) is 6.35. The van der Waals surface area contributed by atoms with Gasteiger partial charge in [-0.25, -0.2) is 4.79 Å². The summed E-state index contributed by atoms with van der Waals surface area (Å²) in [6.45, 7) is 1.23. The fourth-order valence-corrected chi connectivity index (χ4v) is 2.59. The Morgan fingerprint density at radius 3 is 2.65 bits per heavy atom. The van der Waals surface area contributed by atoms with E-state index in [1.807, 2.05) is 0 Å². The molecule has 8 heteroatoms. The minimum Gasteiger partial charge on any atom is -0.389 e. The second-order valence-electron chi connectivity index (χ2n) is 5.47. The van der Waals surface area contributed by atoms with E-state index in [1.165, 1.54) is 4.90 Å². The number of aliphatic hydroxyl groups is 1. The summed E-state index contributed by atoms with van der Waals surface area (Å²) in [5.74, 6) is -0.559. The maximum absolute atomic E-state index is 12.5. The smallest absolute Gasteiger partial charge is 0.329 e. The summed E-state index contributed by atoms with van der Waals surface area (Å²) in [6.07, 6.45) is -0.694. The Balaban J connectivity index is 1.72. The van der Waals surface area contributed by atoms with Gasteiger partial charge >= 0.3 is 6.03 Å². The lowest BCUT2D eigenvalue weighted by atomic mass is 10.1. The zero-order chi connectivity index (χ0) is 16.4. The number of benzene rings is 1. The molecular formula is C15H17N3O5. The fourth-order valence-electron chi connectivity index (χ4n) is 2.59. The second-order valence-corrected chi connectivity index (χ2v) is 5.47. The predicted molar refractivity (Wildman–Crippen MR) is 80.1 cm³/mol. The first kappa shape index (κ1) is 15.4. The Morgan fingerprint density at radius 1 is 1.26 bits per heavy atom. The van der Waals surface area contributed by atoms with Gasteiger partial charge in [0, 0.05) is 24.3 Å². The van der Waals surface area contributed by atoms with E-state index in [9.17, 15) is 19.5 Å². The number of urea groups is 1. The number of aliphatic hydroxyl groups excluding tert-OH is 1. The van der Waals surface area contributed by atoms with Crippen LogP contribution in [-0.4, -0.2) is 66.8 Å². The molecule has 8 nitrogen and oxygen atoms in total. The van der Waals surface area contributed by atoms with Crippen LogP contribution in [-0.2, 0) is 9.53 Å². The molecule has 0 aliphatic carbocycles. The average molecular weight is 319 g/mol. The Bertz CT molecular complexity index is 631. The van der Waals surface area contributed by atoms with Crippen LogP contribution in [0.1, 0.15) is 10.4 Å². The van der Waals surface area contributed by atoms with E-state index >= 15 is 0 Å². The molecule has 0 saturated carbocycles. The van der Waals surface area contributed by atoms with Crippen LogP contribution < -0.4 is 10.2 Å². The fraction of sp³-hybridized carbons (Fsp3) is 0.400. The zero-order valence-electron chi connectivity index (χ0n) is 12.4. The van der Waals surface area contributed by atoms with Gasteiger partial charge in [-0.15, -0.1) is 0 Å². The van der Waals surface area contributed by atoms with E-state index < -0.39 is 12.1 Å². The van der Waals surface area contributed by atoms with Crippen molar-refractivity contribution in [3.8, 4) is 0 Å². The highest BCUT2D eigenvalue weighted by Crippen LogP contribution is 2.18. The number of nitrogens with zero attached hydrogens (tertiary/aromatic N) is 2. The lowest BCUT2D eigenvalue weighted by Crippen LogP contribution is -2.37. The van der Waals surface area contributed by atoms with Gasteiger partial charge in [-0.1, -0.05) is 0 Å². The summed E-state index contributed by atoms with van der Waals surface area (Å²) in [4.78, 5) is 38.1. The molecule has 1 aromatic carbocycles. The van der Waals surface area contributed by atoms with Crippen LogP contribution in [0.3, 0.4) is 0 Å². The Morgan fingerprint density at radius 2 is 2.00 bits per heavy atom. The molecule has 1 aromatic rings.